The number of ether oxygens (including phenoxy) is 1. The fraction of sp³-hybridized carbons (Fsp3) is 0.350. The van der Waals surface area contributed by atoms with Gasteiger partial charge in [-0.2, -0.15) is 12.7 Å². The molecule has 0 heterocycles. The Bertz CT molecular complexity index is 1200. The van der Waals surface area contributed by atoms with Gasteiger partial charge in [-0.05, 0) is 56.3 Å². The summed E-state index contributed by atoms with van der Waals surface area (Å²) in [5.41, 5.74) is 0.111. The highest BCUT2D eigenvalue weighted by Crippen LogP contribution is 2.28. The standard InChI is InChI=1S/C20H27FN4O6S2/c1-14(2)23-32(27,28)17-10-11-19(31-5)18(12-17)22-20(26)13-25(33(29,30)24(3)4)16-8-6-15(21)7-9-16/h6-12,14,23H,13H2,1-5H3,(H,22,26). The highest BCUT2D eigenvalue weighted by Gasteiger charge is 2.28. The van der Waals surface area contributed by atoms with Crippen LogP contribution in [0, 0.1) is 5.82 Å². The molecule has 0 aromatic heterocycles. The number of sulfonamides is 1. The average molecular weight is 503 g/mol. The normalized spacial score (nSPS) is 12.1. The molecule has 0 aliphatic carbocycles. The molecular formula is C20H27FN4O6S2. The van der Waals surface area contributed by atoms with E-state index in [9.17, 15) is 26.0 Å². The Labute approximate surface area is 193 Å². The molecular weight excluding hydrogens is 475 g/mol. The van der Waals surface area contributed by atoms with Crippen LogP contribution < -0.4 is 19.1 Å². The lowest BCUT2D eigenvalue weighted by Crippen LogP contribution is -2.44. The van der Waals surface area contributed by atoms with E-state index >= 15 is 0 Å². The Morgan fingerprint density at radius 1 is 1.06 bits per heavy atom. The molecule has 2 aromatic rings. The van der Waals surface area contributed by atoms with Gasteiger partial charge in [0.1, 0.15) is 18.1 Å². The number of carbonyl (C=O) groups is 1. The predicted octanol–water partition coefficient (Wildman–Crippen LogP) is 1.77. The monoisotopic (exact) mass is 502 g/mol. The summed E-state index contributed by atoms with van der Waals surface area (Å²) in [6, 6.07) is 8.17. The maximum Gasteiger partial charge on any atom is 0.304 e. The van der Waals surface area contributed by atoms with E-state index in [-0.39, 0.29) is 28.1 Å². The number of halogens is 1. The fourth-order valence-electron chi connectivity index (χ4n) is 2.76. The molecule has 2 N–H and O–H groups in total. The molecule has 0 radical (unpaired) electrons. The van der Waals surface area contributed by atoms with E-state index in [4.69, 9.17) is 4.74 Å². The number of benzene rings is 2. The second kappa shape index (κ2) is 10.5. The highest BCUT2D eigenvalue weighted by molar-refractivity contribution is 7.90. The van der Waals surface area contributed by atoms with Crippen molar-refractivity contribution >= 4 is 37.5 Å². The minimum Gasteiger partial charge on any atom is -0.495 e. The van der Waals surface area contributed by atoms with Gasteiger partial charge in [0.25, 0.3) is 0 Å². The quantitative estimate of drug-likeness (QED) is 0.510. The lowest BCUT2D eigenvalue weighted by molar-refractivity contribution is -0.114. The molecule has 1 amide bonds. The summed E-state index contributed by atoms with van der Waals surface area (Å²) in [6.07, 6.45) is 0. The molecule has 2 aromatic carbocycles. The van der Waals surface area contributed by atoms with Crippen LogP contribution in [0.1, 0.15) is 13.8 Å². The van der Waals surface area contributed by atoms with Crippen molar-refractivity contribution in [3.8, 4) is 5.75 Å². The number of nitrogens with zero attached hydrogens (tertiary/aromatic N) is 2. The average Bonchev–Trinajstić information content (AvgIpc) is 2.71. The molecule has 0 aliphatic rings. The largest absolute Gasteiger partial charge is 0.495 e. The van der Waals surface area contributed by atoms with Crippen molar-refractivity contribution in [1.82, 2.24) is 9.03 Å². The first-order valence-electron chi connectivity index (χ1n) is 9.74. The number of hydrogen-bond donors (Lipinski definition) is 2. The van der Waals surface area contributed by atoms with Crippen molar-refractivity contribution in [1.29, 1.82) is 0 Å². The number of methoxy groups -OCH3 is 1. The van der Waals surface area contributed by atoms with Crippen molar-refractivity contribution < 1.29 is 30.8 Å². The summed E-state index contributed by atoms with van der Waals surface area (Å²) in [6.45, 7) is 2.68. The van der Waals surface area contributed by atoms with Gasteiger partial charge >= 0.3 is 10.2 Å². The van der Waals surface area contributed by atoms with Gasteiger partial charge in [0.2, 0.25) is 15.9 Å². The van der Waals surface area contributed by atoms with Gasteiger partial charge < -0.3 is 10.1 Å². The summed E-state index contributed by atoms with van der Waals surface area (Å²) in [5.74, 6) is -1.16. The molecule has 0 aliphatic heterocycles. The van der Waals surface area contributed by atoms with Crippen LogP contribution in [0.5, 0.6) is 5.75 Å². The highest BCUT2D eigenvalue weighted by atomic mass is 32.2. The Morgan fingerprint density at radius 3 is 2.18 bits per heavy atom. The molecule has 10 nitrogen and oxygen atoms in total. The van der Waals surface area contributed by atoms with Crippen LogP contribution in [-0.4, -0.2) is 60.8 Å². The summed E-state index contributed by atoms with van der Waals surface area (Å²) < 4.78 is 73.2. The Balaban J connectivity index is 2.38. The summed E-state index contributed by atoms with van der Waals surface area (Å²) in [4.78, 5) is 12.7. The predicted molar refractivity (Wildman–Crippen MR) is 123 cm³/mol. The molecule has 0 unspecified atom stereocenters. The van der Waals surface area contributed by atoms with Crippen LogP contribution in [-0.2, 0) is 25.0 Å². The molecule has 0 bridgehead atoms. The molecule has 0 saturated carbocycles. The van der Waals surface area contributed by atoms with Gasteiger partial charge in [-0.15, -0.1) is 0 Å². The van der Waals surface area contributed by atoms with E-state index in [1.807, 2.05) is 0 Å². The van der Waals surface area contributed by atoms with E-state index in [0.29, 0.717) is 0 Å². The molecule has 2 rings (SSSR count). The van der Waals surface area contributed by atoms with Crippen molar-refractivity contribution in [3.63, 3.8) is 0 Å². The topological polar surface area (TPSA) is 125 Å². The van der Waals surface area contributed by atoms with Crippen LogP contribution in [0.25, 0.3) is 0 Å². The molecule has 0 spiro atoms. The van der Waals surface area contributed by atoms with Gasteiger partial charge in [-0.3, -0.25) is 4.79 Å². The second-order valence-electron chi connectivity index (χ2n) is 7.46. The number of hydrogen-bond acceptors (Lipinski definition) is 6. The molecule has 33 heavy (non-hydrogen) atoms. The maximum absolute atomic E-state index is 13.3. The zero-order valence-corrected chi connectivity index (χ0v) is 20.5. The number of amides is 1. The zero-order chi connectivity index (χ0) is 25.0. The molecule has 182 valence electrons. The second-order valence-corrected chi connectivity index (χ2v) is 11.2. The third-order valence-electron chi connectivity index (χ3n) is 4.29. The maximum atomic E-state index is 13.3. The van der Waals surface area contributed by atoms with E-state index in [0.717, 1.165) is 20.7 Å². The Morgan fingerprint density at radius 2 is 1.67 bits per heavy atom. The SMILES string of the molecule is COc1ccc(S(=O)(=O)NC(C)C)cc1NC(=O)CN(c1ccc(F)cc1)S(=O)(=O)N(C)C. The first kappa shape index (κ1) is 26.5. The number of nitrogens with one attached hydrogen (secondary N) is 2. The van der Waals surface area contributed by atoms with Crippen molar-refractivity contribution in [2.24, 2.45) is 0 Å². The van der Waals surface area contributed by atoms with Gasteiger partial charge in [-0.1, -0.05) is 0 Å². The fourth-order valence-corrected chi connectivity index (χ4v) is 5.10. The van der Waals surface area contributed by atoms with E-state index in [1.165, 1.54) is 51.5 Å². The summed E-state index contributed by atoms with van der Waals surface area (Å²) in [7, 11) is -4.03. The van der Waals surface area contributed by atoms with Crippen molar-refractivity contribution in [3.05, 3.63) is 48.3 Å². The molecule has 0 atom stereocenters. The van der Waals surface area contributed by atoms with E-state index < -0.39 is 38.5 Å². The van der Waals surface area contributed by atoms with Gasteiger partial charge in [0, 0.05) is 20.1 Å². The molecule has 0 fully saturated rings. The molecule has 0 saturated heterocycles. The lowest BCUT2D eigenvalue weighted by Gasteiger charge is -2.27. The van der Waals surface area contributed by atoms with E-state index in [2.05, 4.69) is 10.0 Å². The summed E-state index contributed by atoms with van der Waals surface area (Å²) >= 11 is 0. The Hall–Kier alpha value is -2.74. The first-order chi connectivity index (χ1) is 15.3. The zero-order valence-electron chi connectivity index (χ0n) is 18.9. The first-order valence-corrected chi connectivity index (χ1v) is 12.6. The third kappa shape index (κ3) is 6.63. The lowest BCUT2D eigenvalue weighted by atomic mass is 10.3. The van der Waals surface area contributed by atoms with E-state index in [1.54, 1.807) is 13.8 Å². The smallest absolute Gasteiger partial charge is 0.304 e. The third-order valence-corrected chi connectivity index (χ3v) is 7.76. The minimum atomic E-state index is -4.11. The number of carbonyl (C=O) groups excluding carboxylic acids is 1. The van der Waals surface area contributed by atoms with Crippen molar-refractivity contribution in [2.45, 2.75) is 24.8 Å². The number of anilines is 2. The van der Waals surface area contributed by atoms with Gasteiger partial charge in [0.05, 0.1) is 23.4 Å². The van der Waals surface area contributed by atoms with Crippen LogP contribution >= 0.6 is 0 Å². The minimum absolute atomic E-state index is 0.0374. The van der Waals surface area contributed by atoms with Crippen LogP contribution in [0.3, 0.4) is 0 Å². The summed E-state index contributed by atoms with van der Waals surface area (Å²) in [5, 5.41) is 2.50. The van der Waals surface area contributed by atoms with Crippen LogP contribution in [0.15, 0.2) is 47.4 Å². The van der Waals surface area contributed by atoms with Crippen LogP contribution in [0.4, 0.5) is 15.8 Å². The number of rotatable bonds is 10. The Kier molecular flexibility index (Phi) is 8.41. The van der Waals surface area contributed by atoms with Gasteiger partial charge in [-0.25, -0.2) is 21.8 Å². The van der Waals surface area contributed by atoms with Gasteiger partial charge in [0.15, 0.2) is 0 Å². The molecule has 13 heteroatoms. The van der Waals surface area contributed by atoms with Crippen molar-refractivity contribution in [2.75, 3.05) is 37.4 Å². The van der Waals surface area contributed by atoms with Crippen LogP contribution in [0.2, 0.25) is 0 Å².